The number of carbonyl (C=O) groups is 2. The molecule has 142 valence electrons. The molecule has 2 aromatic carbocycles. The lowest BCUT2D eigenvalue weighted by atomic mass is 9.76. The van der Waals surface area contributed by atoms with E-state index in [9.17, 15) is 18.0 Å². The number of ketones is 1. The number of rotatable bonds is 4. The normalized spacial score (nSPS) is 23.0. The minimum Gasteiger partial charge on any atom is -0.467 e. The first kappa shape index (κ1) is 19.6. The number of halogens is 1. The molecule has 5 nitrogen and oxygen atoms in total. The van der Waals surface area contributed by atoms with Crippen LogP contribution in [-0.4, -0.2) is 32.0 Å². The van der Waals surface area contributed by atoms with Crippen LogP contribution in [0.3, 0.4) is 0 Å². The van der Waals surface area contributed by atoms with Gasteiger partial charge in [0, 0.05) is 11.4 Å². The van der Waals surface area contributed by atoms with Crippen molar-refractivity contribution < 1.29 is 22.7 Å². The van der Waals surface area contributed by atoms with Gasteiger partial charge in [-0.25, -0.2) is 13.2 Å². The second-order valence-electron chi connectivity index (χ2n) is 6.55. The second kappa shape index (κ2) is 7.44. The van der Waals surface area contributed by atoms with Crippen LogP contribution in [0.5, 0.6) is 0 Å². The van der Waals surface area contributed by atoms with Gasteiger partial charge in [0.2, 0.25) is 14.6 Å². The van der Waals surface area contributed by atoms with E-state index >= 15 is 0 Å². The van der Waals surface area contributed by atoms with E-state index in [1.807, 2.05) is 0 Å². The predicted octanol–water partition coefficient (Wildman–Crippen LogP) is 3.56. The maximum atomic E-state index is 13.4. The minimum absolute atomic E-state index is 0.0194. The average molecular weight is 407 g/mol. The van der Waals surface area contributed by atoms with Gasteiger partial charge in [0.15, 0.2) is 5.78 Å². The number of carbonyl (C=O) groups excluding carboxylic acids is 2. The van der Waals surface area contributed by atoms with Gasteiger partial charge in [-0.1, -0.05) is 41.9 Å². The third-order valence-corrected chi connectivity index (χ3v) is 7.70. The highest BCUT2D eigenvalue weighted by atomic mass is 35.5. The Labute approximate surface area is 163 Å². The molecule has 0 aliphatic heterocycles. The maximum Gasteiger partial charge on any atom is 0.335 e. The van der Waals surface area contributed by atoms with Gasteiger partial charge in [-0.2, -0.15) is 0 Å². The lowest BCUT2D eigenvalue weighted by Gasteiger charge is -2.36. The van der Waals surface area contributed by atoms with Crippen molar-refractivity contribution in [1.29, 1.82) is 0 Å². The summed E-state index contributed by atoms with van der Waals surface area (Å²) in [6.07, 6.45) is 0.287. The Morgan fingerprint density at radius 3 is 2.33 bits per heavy atom. The molecule has 0 aromatic heterocycles. The van der Waals surface area contributed by atoms with Gasteiger partial charge in [-0.15, -0.1) is 0 Å². The van der Waals surface area contributed by atoms with Crippen molar-refractivity contribution in [3.05, 3.63) is 65.2 Å². The van der Waals surface area contributed by atoms with Crippen LogP contribution < -0.4 is 0 Å². The predicted molar refractivity (Wildman–Crippen MR) is 101 cm³/mol. The highest BCUT2D eigenvalue weighted by molar-refractivity contribution is 7.94. The molecule has 1 saturated carbocycles. The molecule has 1 aliphatic carbocycles. The summed E-state index contributed by atoms with van der Waals surface area (Å²) in [5.41, 5.74) is 0.837. The van der Waals surface area contributed by atoms with Crippen molar-refractivity contribution in [2.45, 2.75) is 34.8 Å². The van der Waals surface area contributed by atoms with Crippen molar-refractivity contribution in [3.63, 3.8) is 0 Å². The molecule has 7 heteroatoms. The lowest BCUT2D eigenvalue weighted by molar-refractivity contribution is -0.148. The van der Waals surface area contributed by atoms with E-state index in [2.05, 4.69) is 0 Å². The van der Waals surface area contributed by atoms with Gasteiger partial charge in [-0.05, 0) is 48.6 Å². The summed E-state index contributed by atoms with van der Waals surface area (Å²) in [4.78, 5) is 25.5. The molecule has 2 aromatic rings. The zero-order valence-electron chi connectivity index (χ0n) is 14.7. The summed E-state index contributed by atoms with van der Waals surface area (Å²) in [6.45, 7) is 0. The minimum atomic E-state index is -4.28. The third kappa shape index (κ3) is 3.28. The first-order chi connectivity index (χ1) is 12.8. The van der Waals surface area contributed by atoms with Gasteiger partial charge in [0.05, 0.1) is 12.0 Å². The summed E-state index contributed by atoms with van der Waals surface area (Å²) < 4.78 is 29.4. The zero-order valence-corrected chi connectivity index (χ0v) is 16.3. The SMILES string of the molecule is COC(=O)C1(S(=O)(=O)c2ccccc2)CC(c2ccc(Cl)cc2)CCC1=O. The molecule has 0 heterocycles. The van der Waals surface area contributed by atoms with Crippen molar-refractivity contribution in [3.8, 4) is 0 Å². The van der Waals surface area contributed by atoms with Crippen molar-refractivity contribution >= 4 is 33.2 Å². The standard InChI is InChI=1S/C20H19ClO5S/c1-26-19(23)20(27(24,25)17-5-3-2-4-6-17)13-15(9-12-18(20)22)14-7-10-16(21)11-8-14/h2-8,10-11,15H,9,12-13H2,1H3. The van der Waals surface area contributed by atoms with Crippen molar-refractivity contribution in [1.82, 2.24) is 0 Å². The van der Waals surface area contributed by atoms with Gasteiger partial charge in [0.25, 0.3) is 0 Å². The number of ether oxygens (including phenoxy) is 1. The van der Waals surface area contributed by atoms with Gasteiger partial charge >= 0.3 is 5.97 Å². The molecule has 0 bridgehead atoms. The molecular formula is C20H19ClO5S. The Kier molecular flexibility index (Phi) is 5.40. The molecule has 1 aliphatic rings. The highest BCUT2D eigenvalue weighted by Crippen LogP contribution is 2.44. The fourth-order valence-corrected chi connectivity index (χ4v) is 5.79. The Bertz CT molecular complexity index is 944. The fourth-order valence-electron chi connectivity index (χ4n) is 3.62. The van der Waals surface area contributed by atoms with E-state index < -0.39 is 26.3 Å². The summed E-state index contributed by atoms with van der Waals surface area (Å²) >= 11 is 5.93. The van der Waals surface area contributed by atoms with Crippen LogP contribution in [0, 0.1) is 0 Å². The number of hydrogen-bond donors (Lipinski definition) is 0. The van der Waals surface area contributed by atoms with Gasteiger partial charge in [-0.3, -0.25) is 4.79 Å². The number of hydrogen-bond acceptors (Lipinski definition) is 5. The van der Waals surface area contributed by atoms with E-state index in [4.69, 9.17) is 16.3 Å². The Morgan fingerprint density at radius 1 is 1.11 bits per heavy atom. The largest absolute Gasteiger partial charge is 0.467 e. The molecule has 0 N–H and O–H groups in total. The maximum absolute atomic E-state index is 13.4. The number of methoxy groups -OCH3 is 1. The molecular weight excluding hydrogens is 388 g/mol. The lowest BCUT2D eigenvalue weighted by Crippen LogP contribution is -2.56. The van der Waals surface area contributed by atoms with E-state index in [-0.39, 0.29) is 23.7 Å². The van der Waals surface area contributed by atoms with E-state index in [1.54, 1.807) is 42.5 Å². The van der Waals surface area contributed by atoms with Crippen LogP contribution in [-0.2, 0) is 24.2 Å². The Balaban J connectivity index is 2.13. The molecule has 2 atom stereocenters. The first-order valence-electron chi connectivity index (χ1n) is 8.50. The quantitative estimate of drug-likeness (QED) is 0.573. The Hall–Kier alpha value is -2.18. The Morgan fingerprint density at radius 2 is 1.74 bits per heavy atom. The first-order valence-corrected chi connectivity index (χ1v) is 10.4. The summed E-state index contributed by atoms with van der Waals surface area (Å²) in [6, 6.07) is 14.6. The average Bonchev–Trinajstić information content (AvgIpc) is 2.69. The van der Waals surface area contributed by atoms with Crippen molar-refractivity contribution in [2.75, 3.05) is 7.11 Å². The molecule has 0 spiro atoms. The molecule has 2 unspecified atom stereocenters. The van der Waals surface area contributed by atoms with Crippen LogP contribution in [0.15, 0.2) is 59.5 Å². The van der Waals surface area contributed by atoms with Crippen LogP contribution >= 0.6 is 11.6 Å². The van der Waals surface area contributed by atoms with Crippen LogP contribution in [0.25, 0.3) is 0 Å². The van der Waals surface area contributed by atoms with E-state index in [0.29, 0.717) is 11.4 Å². The topological polar surface area (TPSA) is 77.5 Å². The van der Waals surface area contributed by atoms with Gasteiger partial charge in [0.1, 0.15) is 0 Å². The summed E-state index contributed by atoms with van der Waals surface area (Å²) in [5, 5.41) is 0.557. The molecule has 3 rings (SSSR count). The highest BCUT2D eigenvalue weighted by Gasteiger charge is 2.60. The van der Waals surface area contributed by atoms with Crippen LogP contribution in [0.4, 0.5) is 0 Å². The number of sulfone groups is 1. The molecule has 0 radical (unpaired) electrons. The summed E-state index contributed by atoms with van der Waals surface area (Å²) in [7, 11) is -3.18. The molecule has 0 amide bonds. The molecule has 27 heavy (non-hydrogen) atoms. The van der Waals surface area contributed by atoms with Crippen LogP contribution in [0.1, 0.15) is 30.7 Å². The van der Waals surface area contributed by atoms with Gasteiger partial charge < -0.3 is 4.74 Å². The van der Waals surface area contributed by atoms with E-state index in [1.165, 1.54) is 12.1 Å². The monoisotopic (exact) mass is 406 g/mol. The zero-order chi connectivity index (χ0) is 19.7. The van der Waals surface area contributed by atoms with Crippen molar-refractivity contribution in [2.24, 2.45) is 0 Å². The number of benzene rings is 2. The fraction of sp³-hybridized carbons (Fsp3) is 0.300. The van der Waals surface area contributed by atoms with Crippen LogP contribution in [0.2, 0.25) is 5.02 Å². The number of esters is 1. The molecule has 0 saturated heterocycles. The molecule has 1 fully saturated rings. The second-order valence-corrected chi connectivity index (χ2v) is 9.16. The smallest absolute Gasteiger partial charge is 0.335 e. The summed E-state index contributed by atoms with van der Waals surface area (Å²) in [5.74, 6) is -1.93. The number of Topliss-reactive ketones (excluding diaryl/α,β-unsaturated/α-hetero) is 1. The third-order valence-electron chi connectivity index (χ3n) is 5.07. The van der Waals surface area contributed by atoms with E-state index in [0.717, 1.165) is 12.7 Å².